The lowest BCUT2D eigenvalue weighted by Gasteiger charge is -2.11. The number of hydrogen-bond donors (Lipinski definition) is 5. The Morgan fingerprint density at radius 3 is 1.80 bits per heavy atom. The number of nitrogens with zero attached hydrogens (tertiary/aromatic N) is 6. The number of aryl methyl sites for hydroxylation is 3. The highest BCUT2D eigenvalue weighted by Gasteiger charge is 2.18. The molecular formula is C37H38N8O9S2. The van der Waals surface area contributed by atoms with Crippen LogP contribution < -0.4 is 15.4 Å². The molecule has 0 saturated carbocycles. The molecule has 0 aliphatic carbocycles. The SMILES string of the molecule is CNc1ccc2c(O)c(N=Nc3cc(C)c(N=Nc4cc(C)c(N=Nc5ccc(NC(C)=O)cc5S(=O)(=O)O)cc4OCCCS(=O)(=O)O)cc3C)ccc2c1. The number of aromatic hydroxyl groups is 1. The average molecular weight is 803 g/mol. The van der Waals surface area contributed by atoms with Crippen molar-refractivity contribution in [2.75, 3.05) is 30.0 Å². The van der Waals surface area contributed by atoms with Crippen molar-refractivity contribution < 1.29 is 40.6 Å². The number of carbonyl (C=O) groups excluding carboxylic acids is 1. The fourth-order valence-corrected chi connectivity index (χ4v) is 6.47. The van der Waals surface area contributed by atoms with Gasteiger partial charge in [0.25, 0.3) is 20.2 Å². The van der Waals surface area contributed by atoms with Gasteiger partial charge in [0, 0.05) is 36.8 Å². The minimum atomic E-state index is -4.77. The maximum absolute atomic E-state index is 12.1. The number of ether oxygens (including phenoxy) is 1. The van der Waals surface area contributed by atoms with Gasteiger partial charge in [-0.15, -0.1) is 15.3 Å². The number of fused-ring (bicyclic) bond motifs is 1. The maximum atomic E-state index is 12.1. The molecule has 5 aromatic rings. The predicted octanol–water partition coefficient (Wildman–Crippen LogP) is 9.62. The second-order valence-corrected chi connectivity index (χ2v) is 15.5. The molecule has 0 saturated heterocycles. The van der Waals surface area contributed by atoms with E-state index in [9.17, 15) is 31.3 Å². The Morgan fingerprint density at radius 1 is 0.679 bits per heavy atom. The monoisotopic (exact) mass is 802 g/mol. The van der Waals surface area contributed by atoms with Gasteiger partial charge in [-0.05, 0) is 110 Å². The Morgan fingerprint density at radius 2 is 1.21 bits per heavy atom. The smallest absolute Gasteiger partial charge is 0.296 e. The van der Waals surface area contributed by atoms with Crippen LogP contribution in [0.5, 0.6) is 11.5 Å². The Labute approximate surface area is 322 Å². The quantitative estimate of drug-likeness (QED) is 0.0403. The molecule has 17 nitrogen and oxygen atoms in total. The number of hydrogen-bond acceptors (Lipinski definition) is 14. The van der Waals surface area contributed by atoms with Gasteiger partial charge in [-0.3, -0.25) is 13.9 Å². The first-order valence-electron chi connectivity index (χ1n) is 16.8. The molecule has 0 atom stereocenters. The van der Waals surface area contributed by atoms with E-state index in [2.05, 4.69) is 41.3 Å². The van der Waals surface area contributed by atoms with Gasteiger partial charge in [-0.25, -0.2) is 0 Å². The molecule has 0 radical (unpaired) electrons. The Bertz CT molecular complexity index is 2650. The van der Waals surface area contributed by atoms with Crippen molar-refractivity contribution in [3.8, 4) is 11.5 Å². The van der Waals surface area contributed by atoms with Gasteiger partial charge in [0.2, 0.25) is 5.91 Å². The molecule has 0 aliphatic rings. The van der Waals surface area contributed by atoms with Gasteiger partial charge in [0.1, 0.15) is 27.7 Å². The first kappa shape index (κ1) is 41.0. The van der Waals surface area contributed by atoms with Crippen molar-refractivity contribution in [2.24, 2.45) is 30.7 Å². The van der Waals surface area contributed by atoms with Gasteiger partial charge in [-0.2, -0.15) is 32.2 Å². The molecule has 1 amide bonds. The standard InChI is InChI=1S/C37H38N8O9S2/c1-21-16-32(22(2)15-31(21)42-41-30-11-7-25-18-26(38-5)8-10-28(25)37(30)47)43-45-34-17-23(3)33(20-35(34)54-13-6-14-55(48,49)50)44-40-29-12-9-27(39-24(4)46)19-36(29)56(51,52)53/h7-12,15-20,38,47H,6,13-14H2,1-5H3,(H,39,46)(H,48,49,50)(H,51,52,53). The highest BCUT2D eigenvalue weighted by Crippen LogP contribution is 2.40. The Kier molecular flexibility index (Phi) is 12.5. The number of amides is 1. The molecule has 5 N–H and O–H groups in total. The summed E-state index contributed by atoms with van der Waals surface area (Å²) in [5.41, 5.74) is 4.53. The van der Waals surface area contributed by atoms with E-state index in [0.29, 0.717) is 33.6 Å². The van der Waals surface area contributed by atoms with Crippen LogP contribution in [0.15, 0.2) is 108 Å². The molecule has 292 valence electrons. The summed E-state index contributed by atoms with van der Waals surface area (Å²) in [7, 11) is -7.19. The summed E-state index contributed by atoms with van der Waals surface area (Å²) in [6.07, 6.45) is -0.0545. The molecule has 5 aromatic carbocycles. The topological polar surface area (TPSA) is 253 Å². The minimum Gasteiger partial charge on any atom is -0.505 e. The molecule has 0 spiro atoms. The molecule has 0 bridgehead atoms. The van der Waals surface area contributed by atoms with E-state index in [1.165, 1.54) is 25.1 Å². The van der Waals surface area contributed by atoms with Crippen molar-refractivity contribution in [2.45, 2.75) is 39.0 Å². The van der Waals surface area contributed by atoms with E-state index in [-0.39, 0.29) is 47.3 Å². The fourth-order valence-electron chi connectivity index (χ4n) is 5.33. The second kappa shape index (κ2) is 17.1. The zero-order valence-electron chi connectivity index (χ0n) is 30.8. The largest absolute Gasteiger partial charge is 0.505 e. The van der Waals surface area contributed by atoms with Crippen molar-refractivity contribution in [1.82, 2.24) is 0 Å². The normalized spacial score (nSPS) is 12.3. The number of carbonyl (C=O) groups is 1. The van der Waals surface area contributed by atoms with E-state index in [1.807, 2.05) is 39.1 Å². The number of azo groups is 3. The number of benzene rings is 5. The van der Waals surface area contributed by atoms with Gasteiger partial charge >= 0.3 is 0 Å². The number of rotatable bonds is 14. The first-order chi connectivity index (χ1) is 26.4. The molecule has 5 rings (SSSR count). The van der Waals surface area contributed by atoms with Gasteiger partial charge in [-0.1, -0.05) is 6.07 Å². The van der Waals surface area contributed by atoms with Crippen LogP contribution in [0.3, 0.4) is 0 Å². The van der Waals surface area contributed by atoms with Gasteiger partial charge in [0.05, 0.1) is 29.4 Å². The van der Waals surface area contributed by atoms with Crippen LogP contribution in [0.1, 0.15) is 30.0 Å². The van der Waals surface area contributed by atoms with E-state index in [0.717, 1.165) is 22.7 Å². The van der Waals surface area contributed by atoms with Gasteiger partial charge in [0.15, 0.2) is 5.75 Å². The third-order valence-corrected chi connectivity index (χ3v) is 9.90. The molecule has 0 unspecified atom stereocenters. The molecule has 0 aliphatic heterocycles. The van der Waals surface area contributed by atoms with Crippen LogP contribution in [0, 0.1) is 20.8 Å². The summed E-state index contributed by atoms with van der Waals surface area (Å²) in [6.45, 7) is 6.41. The summed E-state index contributed by atoms with van der Waals surface area (Å²) >= 11 is 0. The van der Waals surface area contributed by atoms with Crippen LogP contribution in [-0.2, 0) is 25.0 Å². The van der Waals surface area contributed by atoms with Crippen LogP contribution in [-0.4, -0.2) is 56.4 Å². The molecule has 0 fully saturated rings. The number of phenolic OH excluding ortho intramolecular Hbond substituents is 1. The van der Waals surface area contributed by atoms with E-state index in [4.69, 9.17) is 9.29 Å². The predicted molar refractivity (Wildman–Crippen MR) is 212 cm³/mol. The summed E-state index contributed by atoms with van der Waals surface area (Å²) < 4.78 is 71.6. The zero-order chi connectivity index (χ0) is 40.8. The van der Waals surface area contributed by atoms with Crippen LogP contribution in [0.2, 0.25) is 0 Å². The number of anilines is 2. The maximum Gasteiger partial charge on any atom is 0.296 e. The van der Waals surface area contributed by atoms with Gasteiger partial charge < -0.3 is 20.5 Å². The van der Waals surface area contributed by atoms with E-state index in [1.54, 1.807) is 37.3 Å². The molecule has 19 heteroatoms. The minimum absolute atomic E-state index is 0.00713. The highest BCUT2D eigenvalue weighted by molar-refractivity contribution is 7.86. The molecular weight excluding hydrogens is 765 g/mol. The second-order valence-electron chi connectivity index (χ2n) is 12.6. The lowest BCUT2D eigenvalue weighted by molar-refractivity contribution is -0.114. The van der Waals surface area contributed by atoms with Crippen molar-refractivity contribution in [3.63, 3.8) is 0 Å². The lowest BCUT2D eigenvalue weighted by Crippen LogP contribution is -2.08. The average Bonchev–Trinajstić information content (AvgIpc) is 3.12. The summed E-state index contributed by atoms with van der Waals surface area (Å²) in [5.74, 6) is -0.871. The third kappa shape index (κ3) is 10.5. The summed E-state index contributed by atoms with van der Waals surface area (Å²) in [6, 6.07) is 19.4. The lowest BCUT2D eigenvalue weighted by atomic mass is 10.1. The van der Waals surface area contributed by atoms with E-state index < -0.39 is 36.8 Å². The zero-order valence-corrected chi connectivity index (χ0v) is 32.5. The van der Waals surface area contributed by atoms with E-state index >= 15 is 0 Å². The van der Waals surface area contributed by atoms with Crippen molar-refractivity contribution in [3.05, 3.63) is 89.5 Å². The van der Waals surface area contributed by atoms with Crippen LogP contribution in [0.4, 0.5) is 45.5 Å². The third-order valence-electron chi connectivity index (χ3n) is 8.21. The van der Waals surface area contributed by atoms with Crippen molar-refractivity contribution >= 4 is 82.4 Å². The number of nitrogens with one attached hydrogen (secondary N) is 2. The summed E-state index contributed by atoms with van der Waals surface area (Å²) in [4.78, 5) is 10.9. The van der Waals surface area contributed by atoms with Crippen LogP contribution >= 0.6 is 0 Å². The number of phenols is 1. The highest BCUT2D eigenvalue weighted by atomic mass is 32.2. The Balaban J connectivity index is 1.44. The summed E-state index contributed by atoms with van der Waals surface area (Å²) in [5, 5.41) is 43.5. The first-order valence-corrected chi connectivity index (χ1v) is 19.9. The molecule has 56 heavy (non-hydrogen) atoms. The molecule has 0 heterocycles. The fraction of sp³-hybridized carbons (Fsp3) is 0.216. The Hall–Kier alpha value is -6.15. The molecule has 0 aromatic heterocycles. The van der Waals surface area contributed by atoms with Crippen LogP contribution in [0.25, 0.3) is 10.8 Å². The van der Waals surface area contributed by atoms with Crippen molar-refractivity contribution in [1.29, 1.82) is 0 Å².